The van der Waals surface area contributed by atoms with E-state index in [1.165, 1.54) is 7.11 Å². The fourth-order valence-electron chi connectivity index (χ4n) is 1.78. The third-order valence-electron chi connectivity index (χ3n) is 2.92. The number of morpholine rings is 1. The van der Waals surface area contributed by atoms with Crippen LogP contribution in [0.4, 0.5) is 0 Å². The Morgan fingerprint density at radius 2 is 2.18 bits per heavy atom. The lowest BCUT2D eigenvalue weighted by Crippen LogP contribution is -2.50. The molecule has 1 rings (SSSR count). The first-order valence-corrected chi connectivity index (χ1v) is 5.99. The van der Waals surface area contributed by atoms with Gasteiger partial charge in [0.15, 0.2) is 0 Å². The third-order valence-corrected chi connectivity index (χ3v) is 2.92. The van der Waals surface area contributed by atoms with Gasteiger partial charge in [0.25, 0.3) is 0 Å². The summed E-state index contributed by atoms with van der Waals surface area (Å²) in [7, 11) is 1.53. The molecule has 0 saturated carbocycles. The predicted molar refractivity (Wildman–Crippen MR) is 64.7 cm³/mol. The minimum atomic E-state index is -0.586. The van der Waals surface area contributed by atoms with Crippen LogP contribution < -0.4 is 11.1 Å². The van der Waals surface area contributed by atoms with E-state index in [4.69, 9.17) is 15.2 Å². The van der Waals surface area contributed by atoms with Crippen LogP contribution in [0.15, 0.2) is 0 Å². The van der Waals surface area contributed by atoms with Crippen LogP contribution in [-0.4, -0.2) is 69.5 Å². The van der Waals surface area contributed by atoms with Crippen molar-refractivity contribution in [3.8, 4) is 0 Å². The molecule has 17 heavy (non-hydrogen) atoms. The van der Waals surface area contributed by atoms with Crippen LogP contribution in [0.3, 0.4) is 0 Å². The first kappa shape index (κ1) is 14.4. The number of methoxy groups -OCH3 is 1. The van der Waals surface area contributed by atoms with Gasteiger partial charge in [-0.15, -0.1) is 0 Å². The maximum atomic E-state index is 11.6. The number of nitrogens with two attached hydrogens (primary N) is 1. The van der Waals surface area contributed by atoms with E-state index in [1.807, 2.05) is 0 Å². The molecule has 0 aromatic heterocycles. The van der Waals surface area contributed by atoms with Gasteiger partial charge in [0.2, 0.25) is 5.91 Å². The molecular weight excluding hydrogens is 222 g/mol. The van der Waals surface area contributed by atoms with Crippen LogP contribution in [0.5, 0.6) is 0 Å². The zero-order chi connectivity index (χ0) is 12.7. The molecule has 0 spiro atoms. The van der Waals surface area contributed by atoms with Crippen LogP contribution in [0.2, 0.25) is 0 Å². The van der Waals surface area contributed by atoms with E-state index in [2.05, 4.69) is 17.1 Å². The zero-order valence-corrected chi connectivity index (χ0v) is 10.6. The highest BCUT2D eigenvalue weighted by atomic mass is 16.5. The van der Waals surface area contributed by atoms with Gasteiger partial charge in [0.05, 0.1) is 19.8 Å². The van der Waals surface area contributed by atoms with Crippen molar-refractivity contribution in [2.24, 2.45) is 5.73 Å². The Kier molecular flexibility index (Phi) is 6.43. The van der Waals surface area contributed by atoms with E-state index in [1.54, 1.807) is 0 Å². The number of nitrogens with one attached hydrogen (secondary N) is 1. The lowest BCUT2D eigenvalue weighted by Gasteiger charge is -2.32. The molecule has 0 aliphatic carbocycles. The van der Waals surface area contributed by atoms with Crippen molar-refractivity contribution in [3.63, 3.8) is 0 Å². The Morgan fingerprint density at radius 1 is 1.53 bits per heavy atom. The number of carbonyl (C=O) groups excluding carboxylic acids is 1. The highest BCUT2D eigenvalue weighted by Gasteiger charge is 2.19. The van der Waals surface area contributed by atoms with Crippen molar-refractivity contribution < 1.29 is 14.3 Å². The number of hydrogen-bond donors (Lipinski definition) is 2. The van der Waals surface area contributed by atoms with Crippen LogP contribution >= 0.6 is 0 Å². The molecule has 2 unspecified atom stereocenters. The highest BCUT2D eigenvalue weighted by molar-refractivity contribution is 5.81. The molecular formula is C11H23N3O3. The van der Waals surface area contributed by atoms with Crippen molar-refractivity contribution in [1.82, 2.24) is 10.2 Å². The molecule has 2 atom stereocenters. The molecule has 6 nitrogen and oxygen atoms in total. The smallest absolute Gasteiger partial charge is 0.239 e. The Bertz CT molecular complexity index is 232. The molecule has 6 heteroatoms. The molecule has 0 bridgehead atoms. The summed E-state index contributed by atoms with van der Waals surface area (Å²) in [5, 5.41) is 2.84. The van der Waals surface area contributed by atoms with E-state index in [0.29, 0.717) is 12.6 Å². The minimum Gasteiger partial charge on any atom is -0.383 e. The lowest BCUT2D eigenvalue weighted by atomic mass is 10.2. The number of ether oxygens (including phenoxy) is 2. The zero-order valence-electron chi connectivity index (χ0n) is 10.6. The number of hydrogen-bond acceptors (Lipinski definition) is 5. The molecule has 100 valence electrons. The van der Waals surface area contributed by atoms with Gasteiger partial charge in [-0.25, -0.2) is 0 Å². The lowest BCUT2D eigenvalue weighted by molar-refractivity contribution is -0.123. The third kappa shape index (κ3) is 4.99. The van der Waals surface area contributed by atoms with E-state index in [-0.39, 0.29) is 12.5 Å². The standard InChI is InChI=1S/C11H23N3O3/c1-9(14-3-5-17-6-4-14)7-13-11(15)10(12)8-16-2/h9-10H,3-8,12H2,1-2H3,(H,13,15). The van der Waals surface area contributed by atoms with Gasteiger partial charge in [-0.05, 0) is 6.92 Å². The van der Waals surface area contributed by atoms with Crippen molar-refractivity contribution in [2.75, 3.05) is 46.6 Å². The fraction of sp³-hybridized carbons (Fsp3) is 0.909. The summed E-state index contributed by atoms with van der Waals surface area (Å²) in [4.78, 5) is 13.9. The van der Waals surface area contributed by atoms with Crippen LogP contribution in [-0.2, 0) is 14.3 Å². The van der Waals surface area contributed by atoms with E-state index < -0.39 is 6.04 Å². The molecule has 1 aliphatic heterocycles. The second-order valence-corrected chi connectivity index (χ2v) is 4.30. The predicted octanol–water partition coefficient (Wildman–Crippen LogP) is -1.20. The Labute approximate surface area is 102 Å². The van der Waals surface area contributed by atoms with Gasteiger partial charge in [0.1, 0.15) is 6.04 Å². The summed E-state index contributed by atoms with van der Waals surface area (Å²) < 4.78 is 10.1. The topological polar surface area (TPSA) is 76.8 Å². The van der Waals surface area contributed by atoms with Crippen LogP contribution in [0.1, 0.15) is 6.92 Å². The van der Waals surface area contributed by atoms with Gasteiger partial charge in [-0.2, -0.15) is 0 Å². The van der Waals surface area contributed by atoms with Crippen molar-refractivity contribution in [1.29, 1.82) is 0 Å². The maximum absolute atomic E-state index is 11.6. The molecule has 3 N–H and O–H groups in total. The molecule has 1 amide bonds. The van der Waals surface area contributed by atoms with Gasteiger partial charge in [-0.1, -0.05) is 0 Å². The minimum absolute atomic E-state index is 0.160. The normalized spacial score (nSPS) is 20.9. The maximum Gasteiger partial charge on any atom is 0.239 e. The molecule has 1 aliphatic rings. The Morgan fingerprint density at radius 3 is 2.76 bits per heavy atom. The Hall–Kier alpha value is -0.690. The summed E-state index contributed by atoms with van der Waals surface area (Å²) >= 11 is 0. The Balaban J connectivity index is 2.22. The van der Waals surface area contributed by atoms with E-state index >= 15 is 0 Å². The van der Waals surface area contributed by atoms with Crippen LogP contribution in [0.25, 0.3) is 0 Å². The van der Waals surface area contributed by atoms with Crippen molar-refractivity contribution in [2.45, 2.75) is 19.0 Å². The molecule has 0 aromatic rings. The average Bonchev–Trinajstić information content (AvgIpc) is 2.36. The summed E-state index contributed by atoms with van der Waals surface area (Å²) in [6, 6.07) is -0.283. The first-order valence-electron chi connectivity index (χ1n) is 5.99. The molecule has 0 aromatic carbocycles. The van der Waals surface area contributed by atoms with Gasteiger partial charge in [-0.3, -0.25) is 9.69 Å². The number of nitrogens with zero attached hydrogens (tertiary/aromatic N) is 1. The van der Waals surface area contributed by atoms with Gasteiger partial charge < -0.3 is 20.5 Å². The highest BCUT2D eigenvalue weighted by Crippen LogP contribution is 2.02. The molecule has 0 radical (unpaired) electrons. The van der Waals surface area contributed by atoms with Gasteiger partial charge >= 0.3 is 0 Å². The SMILES string of the molecule is COCC(N)C(=O)NCC(C)N1CCOCC1. The molecule has 1 fully saturated rings. The quantitative estimate of drug-likeness (QED) is 0.614. The number of rotatable bonds is 6. The summed E-state index contributed by atoms with van der Waals surface area (Å²) in [6.45, 7) is 6.31. The monoisotopic (exact) mass is 245 g/mol. The fourth-order valence-corrected chi connectivity index (χ4v) is 1.78. The number of amides is 1. The summed E-state index contributed by atoms with van der Waals surface area (Å²) in [5.41, 5.74) is 5.62. The van der Waals surface area contributed by atoms with Crippen LogP contribution in [0, 0.1) is 0 Å². The van der Waals surface area contributed by atoms with E-state index in [9.17, 15) is 4.79 Å². The van der Waals surface area contributed by atoms with Gasteiger partial charge in [0, 0.05) is 32.8 Å². The second kappa shape index (κ2) is 7.60. The average molecular weight is 245 g/mol. The summed E-state index contributed by atoms with van der Waals surface area (Å²) in [5.74, 6) is -0.160. The largest absolute Gasteiger partial charge is 0.383 e. The molecule has 1 saturated heterocycles. The summed E-state index contributed by atoms with van der Waals surface area (Å²) in [6.07, 6.45) is 0. The number of carbonyl (C=O) groups is 1. The van der Waals surface area contributed by atoms with Crippen molar-refractivity contribution >= 4 is 5.91 Å². The van der Waals surface area contributed by atoms with E-state index in [0.717, 1.165) is 26.3 Å². The van der Waals surface area contributed by atoms with Crippen molar-refractivity contribution in [3.05, 3.63) is 0 Å². The second-order valence-electron chi connectivity index (χ2n) is 4.30. The molecule has 1 heterocycles. The first-order chi connectivity index (χ1) is 8.15.